The Labute approximate surface area is 158 Å². The highest BCUT2D eigenvalue weighted by atomic mass is 35.5. The summed E-state index contributed by atoms with van der Waals surface area (Å²) >= 11 is 0. The number of carbonyl (C=O) groups excluding carboxylic acids is 2. The quantitative estimate of drug-likeness (QED) is 0.796. The van der Waals surface area contributed by atoms with Crippen LogP contribution in [0.25, 0.3) is 10.9 Å². The number of nitrogens with one attached hydrogen (secondary N) is 1. The lowest BCUT2D eigenvalue weighted by Gasteiger charge is -2.27. The van der Waals surface area contributed by atoms with Crippen molar-refractivity contribution in [2.75, 3.05) is 38.2 Å². The van der Waals surface area contributed by atoms with Gasteiger partial charge in [-0.2, -0.15) is 0 Å². The SMILES string of the molecule is Cl.NCCCC(=O)Nc1ccc2c(ccn2CC(=O)N2CCOCC2)c1. The van der Waals surface area contributed by atoms with Gasteiger partial charge in [-0.05, 0) is 37.2 Å². The molecule has 0 aliphatic carbocycles. The Morgan fingerprint density at radius 2 is 1.96 bits per heavy atom. The van der Waals surface area contributed by atoms with Crippen LogP contribution >= 0.6 is 12.4 Å². The topological polar surface area (TPSA) is 89.6 Å². The van der Waals surface area contributed by atoms with Gasteiger partial charge < -0.3 is 25.3 Å². The number of anilines is 1. The van der Waals surface area contributed by atoms with Gasteiger partial charge in [0.2, 0.25) is 11.8 Å². The molecule has 0 saturated carbocycles. The number of amides is 2. The van der Waals surface area contributed by atoms with Crippen molar-refractivity contribution in [3.63, 3.8) is 0 Å². The first kappa shape index (κ1) is 20.2. The van der Waals surface area contributed by atoms with Gasteiger partial charge in [-0.25, -0.2) is 0 Å². The molecule has 1 fully saturated rings. The second-order valence-corrected chi connectivity index (χ2v) is 6.15. The van der Waals surface area contributed by atoms with Gasteiger partial charge in [-0.15, -0.1) is 12.4 Å². The van der Waals surface area contributed by atoms with Crippen LogP contribution in [0.15, 0.2) is 30.5 Å². The van der Waals surface area contributed by atoms with E-state index in [-0.39, 0.29) is 24.2 Å². The highest BCUT2D eigenvalue weighted by Crippen LogP contribution is 2.21. The number of hydrogen-bond donors (Lipinski definition) is 2. The molecule has 0 bridgehead atoms. The summed E-state index contributed by atoms with van der Waals surface area (Å²) in [5, 5.41) is 3.87. The summed E-state index contributed by atoms with van der Waals surface area (Å²) in [5.74, 6) is 0.0618. The number of ether oxygens (including phenoxy) is 1. The van der Waals surface area contributed by atoms with E-state index >= 15 is 0 Å². The smallest absolute Gasteiger partial charge is 0.242 e. The van der Waals surface area contributed by atoms with Crippen molar-refractivity contribution in [2.45, 2.75) is 19.4 Å². The van der Waals surface area contributed by atoms with Crippen molar-refractivity contribution >= 4 is 40.8 Å². The van der Waals surface area contributed by atoms with E-state index in [9.17, 15) is 9.59 Å². The number of morpholine rings is 1. The van der Waals surface area contributed by atoms with Crippen LogP contribution in [-0.4, -0.2) is 54.1 Å². The van der Waals surface area contributed by atoms with Gasteiger partial charge >= 0.3 is 0 Å². The Morgan fingerprint density at radius 1 is 1.19 bits per heavy atom. The van der Waals surface area contributed by atoms with Crippen LogP contribution in [0.1, 0.15) is 12.8 Å². The number of carbonyl (C=O) groups is 2. The van der Waals surface area contributed by atoms with E-state index in [2.05, 4.69) is 5.32 Å². The summed E-state index contributed by atoms with van der Waals surface area (Å²) in [6.07, 6.45) is 3.00. The minimum Gasteiger partial charge on any atom is -0.378 e. The maximum atomic E-state index is 12.4. The molecule has 1 aliphatic heterocycles. The molecular weight excluding hydrogens is 356 g/mol. The molecule has 7 nitrogen and oxygen atoms in total. The number of rotatable bonds is 6. The minimum absolute atomic E-state index is 0. The number of fused-ring (bicyclic) bond motifs is 1. The fourth-order valence-electron chi connectivity index (χ4n) is 2.96. The summed E-state index contributed by atoms with van der Waals surface area (Å²) in [7, 11) is 0. The highest BCUT2D eigenvalue weighted by molar-refractivity contribution is 5.94. The molecule has 1 saturated heterocycles. The average Bonchev–Trinajstić information content (AvgIpc) is 3.02. The largest absolute Gasteiger partial charge is 0.378 e. The van der Waals surface area contributed by atoms with E-state index < -0.39 is 0 Å². The zero-order chi connectivity index (χ0) is 17.6. The van der Waals surface area contributed by atoms with Crippen LogP contribution in [0, 0.1) is 0 Å². The molecule has 0 spiro atoms. The highest BCUT2D eigenvalue weighted by Gasteiger charge is 2.17. The van der Waals surface area contributed by atoms with Gasteiger partial charge in [0.1, 0.15) is 6.54 Å². The molecule has 3 rings (SSSR count). The Bertz CT molecular complexity index is 756. The van der Waals surface area contributed by atoms with Gasteiger partial charge in [0.25, 0.3) is 0 Å². The molecule has 2 heterocycles. The van der Waals surface area contributed by atoms with Gasteiger partial charge in [-0.3, -0.25) is 9.59 Å². The lowest BCUT2D eigenvalue weighted by Crippen LogP contribution is -2.42. The predicted octanol–water partition coefficient (Wildman–Crippen LogP) is 1.60. The Hall–Kier alpha value is -2.09. The standard InChI is InChI=1S/C18H24N4O3.ClH/c19-6-1-2-17(23)20-15-3-4-16-14(12-15)5-7-22(16)13-18(24)21-8-10-25-11-9-21;/h3-5,7,12H,1-2,6,8-11,13,19H2,(H,20,23);1H. The normalized spacial score (nSPS) is 14.1. The van der Waals surface area contributed by atoms with Gasteiger partial charge in [-0.1, -0.05) is 0 Å². The second kappa shape index (κ2) is 9.56. The predicted molar refractivity (Wildman–Crippen MR) is 104 cm³/mol. The number of benzene rings is 1. The maximum Gasteiger partial charge on any atom is 0.242 e. The minimum atomic E-state index is -0.0354. The first-order chi connectivity index (χ1) is 12.2. The molecule has 1 aromatic carbocycles. The van der Waals surface area contributed by atoms with Crippen LogP contribution in [-0.2, 0) is 20.9 Å². The van der Waals surface area contributed by atoms with Crippen molar-refractivity contribution in [2.24, 2.45) is 5.73 Å². The van der Waals surface area contributed by atoms with E-state index in [4.69, 9.17) is 10.5 Å². The molecule has 2 aromatic rings. The van der Waals surface area contributed by atoms with Crippen LogP contribution in [0.5, 0.6) is 0 Å². The van der Waals surface area contributed by atoms with E-state index in [1.165, 1.54) is 0 Å². The lowest BCUT2D eigenvalue weighted by molar-refractivity contribution is -0.135. The van der Waals surface area contributed by atoms with Crippen molar-refractivity contribution in [3.8, 4) is 0 Å². The number of aromatic nitrogens is 1. The molecule has 8 heteroatoms. The zero-order valence-electron chi connectivity index (χ0n) is 14.6. The average molecular weight is 381 g/mol. The molecule has 2 amide bonds. The molecule has 1 aromatic heterocycles. The first-order valence-corrected chi connectivity index (χ1v) is 8.62. The zero-order valence-corrected chi connectivity index (χ0v) is 15.5. The third kappa shape index (κ3) is 4.97. The fourth-order valence-corrected chi connectivity index (χ4v) is 2.96. The number of nitrogens with two attached hydrogens (primary N) is 1. The Kier molecular flexibility index (Phi) is 7.44. The molecule has 26 heavy (non-hydrogen) atoms. The Balaban J connectivity index is 0.00000243. The molecule has 142 valence electrons. The van der Waals surface area contributed by atoms with Crippen LogP contribution < -0.4 is 11.1 Å². The summed E-state index contributed by atoms with van der Waals surface area (Å²) in [4.78, 5) is 26.0. The molecule has 1 aliphatic rings. The van der Waals surface area contributed by atoms with Gasteiger partial charge in [0.05, 0.1) is 13.2 Å². The number of nitrogens with zero attached hydrogens (tertiary/aromatic N) is 2. The third-order valence-corrected chi connectivity index (χ3v) is 4.33. The summed E-state index contributed by atoms with van der Waals surface area (Å²) in [6, 6.07) is 7.67. The van der Waals surface area contributed by atoms with Crippen molar-refractivity contribution in [1.29, 1.82) is 0 Å². The van der Waals surface area contributed by atoms with Crippen molar-refractivity contribution < 1.29 is 14.3 Å². The van der Waals surface area contributed by atoms with E-state index in [0.29, 0.717) is 52.2 Å². The summed E-state index contributed by atoms with van der Waals surface area (Å²) < 4.78 is 7.22. The number of hydrogen-bond acceptors (Lipinski definition) is 4. The van der Waals surface area contributed by atoms with Crippen LogP contribution in [0.4, 0.5) is 5.69 Å². The molecule has 0 atom stereocenters. The first-order valence-electron chi connectivity index (χ1n) is 8.62. The fraction of sp³-hybridized carbons (Fsp3) is 0.444. The molecule has 0 unspecified atom stereocenters. The third-order valence-electron chi connectivity index (χ3n) is 4.33. The summed E-state index contributed by atoms with van der Waals surface area (Å²) in [5.41, 5.74) is 7.15. The lowest BCUT2D eigenvalue weighted by atomic mass is 10.2. The van der Waals surface area contributed by atoms with Crippen LogP contribution in [0.2, 0.25) is 0 Å². The molecule has 3 N–H and O–H groups in total. The van der Waals surface area contributed by atoms with Gasteiger partial charge in [0, 0.05) is 42.3 Å². The number of halogens is 1. The van der Waals surface area contributed by atoms with Gasteiger partial charge in [0.15, 0.2) is 0 Å². The van der Waals surface area contributed by atoms with Crippen LogP contribution in [0.3, 0.4) is 0 Å². The molecule has 0 radical (unpaired) electrons. The van der Waals surface area contributed by atoms with Crippen molar-refractivity contribution in [1.82, 2.24) is 9.47 Å². The second-order valence-electron chi connectivity index (χ2n) is 6.15. The van der Waals surface area contributed by atoms with E-state index in [0.717, 1.165) is 16.6 Å². The summed E-state index contributed by atoms with van der Waals surface area (Å²) in [6.45, 7) is 3.32. The molecular formula is C18H25ClN4O3. The monoisotopic (exact) mass is 380 g/mol. The maximum absolute atomic E-state index is 12.4. The van der Waals surface area contributed by atoms with E-state index in [1.807, 2.05) is 39.9 Å². The van der Waals surface area contributed by atoms with Crippen molar-refractivity contribution in [3.05, 3.63) is 30.5 Å². The Morgan fingerprint density at radius 3 is 2.69 bits per heavy atom. The van der Waals surface area contributed by atoms with E-state index in [1.54, 1.807) is 0 Å².